The minimum Gasteiger partial charge on any atom is -0.487 e. The van der Waals surface area contributed by atoms with Crippen molar-refractivity contribution >= 4 is 5.82 Å². The maximum atomic E-state index is 5.84. The number of nitrogens with zero attached hydrogens (tertiary/aromatic N) is 2. The van der Waals surface area contributed by atoms with E-state index in [9.17, 15) is 0 Å². The number of aromatic nitrogens is 1. The van der Waals surface area contributed by atoms with Crippen LogP contribution in [-0.2, 0) is 4.74 Å². The molecule has 1 aromatic rings. The summed E-state index contributed by atoms with van der Waals surface area (Å²) in [7, 11) is 0. The lowest BCUT2D eigenvalue weighted by Crippen LogP contribution is -2.51. The Balaban J connectivity index is 2.23. The molecule has 2 heterocycles. The predicted molar refractivity (Wildman–Crippen MR) is 75.6 cm³/mol. The zero-order chi connectivity index (χ0) is 13.8. The predicted octanol–water partition coefficient (Wildman–Crippen LogP) is 1.42. The highest BCUT2D eigenvalue weighted by Gasteiger charge is 2.28. The Morgan fingerprint density at radius 3 is 3.05 bits per heavy atom. The summed E-state index contributed by atoms with van der Waals surface area (Å²) in [6.45, 7) is 8.10. The van der Waals surface area contributed by atoms with E-state index in [4.69, 9.17) is 15.2 Å². The highest BCUT2D eigenvalue weighted by Crippen LogP contribution is 2.29. The minimum absolute atomic E-state index is 0.0603. The van der Waals surface area contributed by atoms with Gasteiger partial charge < -0.3 is 20.1 Å². The average molecular weight is 265 g/mol. The highest BCUT2D eigenvalue weighted by molar-refractivity contribution is 5.53. The highest BCUT2D eigenvalue weighted by atomic mass is 16.5. The molecule has 0 radical (unpaired) electrons. The van der Waals surface area contributed by atoms with Crippen LogP contribution in [-0.4, -0.2) is 42.9 Å². The standard InChI is InChI=1S/C14H23N3O2/c1-10(2)19-13-5-4-6-16-14(13)17-8-12(7-15)18-9-11(17)3/h4-6,10-12H,7-9,15H2,1-3H3. The zero-order valence-corrected chi connectivity index (χ0v) is 11.9. The number of morpholine rings is 1. The van der Waals surface area contributed by atoms with Gasteiger partial charge in [0.15, 0.2) is 11.6 Å². The van der Waals surface area contributed by atoms with Gasteiger partial charge in [0.05, 0.1) is 24.9 Å². The molecule has 0 spiro atoms. The molecule has 0 aliphatic carbocycles. The fourth-order valence-corrected chi connectivity index (χ4v) is 2.20. The molecule has 5 heteroatoms. The van der Waals surface area contributed by atoms with Crippen LogP contribution < -0.4 is 15.4 Å². The van der Waals surface area contributed by atoms with Crippen molar-refractivity contribution in [3.63, 3.8) is 0 Å². The maximum Gasteiger partial charge on any atom is 0.171 e. The van der Waals surface area contributed by atoms with Crippen LogP contribution in [0.25, 0.3) is 0 Å². The summed E-state index contributed by atoms with van der Waals surface area (Å²) in [5.41, 5.74) is 5.70. The van der Waals surface area contributed by atoms with Gasteiger partial charge in [0, 0.05) is 19.3 Å². The molecular weight excluding hydrogens is 242 g/mol. The van der Waals surface area contributed by atoms with Crippen molar-refractivity contribution in [2.75, 3.05) is 24.6 Å². The van der Waals surface area contributed by atoms with E-state index in [0.29, 0.717) is 13.2 Å². The van der Waals surface area contributed by atoms with Crippen molar-refractivity contribution < 1.29 is 9.47 Å². The Labute approximate surface area is 114 Å². The molecule has 0 aromatic carbocycles. The molecule has 0 amide bonds. The summed E-state index contributed by atoms with van der Waals surface area (Å²) in [5, 5.41) is 0. The van der Waals surface area contributed by atoms with E-state index in [2.05, 4.69) is 16.8 Å². The molecule has 2 rings (SSSR count). The van der Waals surface area contributed by atoms with Crippen LogP contribution >= 0.6 is 0 Å². The third-order valence-corrected chi connectivity index (χ3v) is 3.15. The Morgan fingerprint density at radius 2 is 2.37 bits per heavy atom. The first-order valence-corrected chi connectivity index (χ1v) is 6.81. The van der Waals surface area contributed by atoms with Crippen molar-refractivity contribution in [2.45, 2.75) is 39.0 Å². The molecule has 1 fully saturated rings. The third kappa shape index (κ3) is 3.36. The normalized spacial score (nSPS) is 23.7. The van der Waals surface area contributed by atoms with Crippen molar-refractivity contribution in [3.05, 3.63) is 18.3 Å². The van der Waals surface area contributed by atoms with Gasteiger partial charge in [-0.15, -0.1) is 0 Å². The van der Waals surface area contributed by atoms with Gasteiger partial charge in [0.2, 0.25) is 0 Å². The lowest BCUT2D eigenvalue weighted by Gasteiger charge is -2.39. The van der Waals surface area contributed by atoms with E-state index in [1.807, 2.05) is 26.0 Å². The molecular formula is C14H23N3O2. The van der Waals surface area contributed by atoms with Crippen LogP contribution in [0, 0.1) is 0 Å². The largest absolute Gasteiger partial charge is 0.487 e. The number of anilines is 1. The van der Waals surface area contributed by atoms with Gasteiger partial charge >= 0.3 is 0 Å². The summed E-state index contributed by atoms with van der Waals surface area (Å²) in [6.07, 6.45) is 1.98. The van der Waals surface area contributed by atoms with Gasteiger partial charge in [-0.3, -0.25) is 0 Å². The number of rotatable bonds is 4. The molecule has 106 valence electrons. The van der Waals surface area contributed by atoms with Crippen LogP contribution in [0.1, 0.15) is 20.8 Å². The first kappa shape index (κ1) is 14.1. The smallest absolute Gasteiger partial charge is 0.171 e. The molecule has 0 bridgehead atoms. The van der Waals surface area contributed by atoms with Crippen LogP contribution in [0.5, 0.6) is 5.75 Å². The summed E-state index contributed by atoms with van der Waals surface area (Å²) in [4.78, 5) is 6.70. The zero-order valence-electron chi connectivity index (χ0n) is 11.9. The molecule has 19 heavy (non-hydrogen) atoms. The van der Waals surface area contributed by atoms with E-state index in [1.165, 1.54) is 0 Å². The molecule has 2 N–H and O–H groups in total. The number of hydrogen-bond acceptors (Lipinski definition) is 5. The second-order valence-corrected chi connectivity index (χ2v) is 5.18. The second kappa shape index (κ2) is 6.21. The summed E-state index contributed by atoms with van der Waals surface area (Å²) < 4.78 is 11.5. The van der Waals surface area contributed by atoms with E-state index in [0.717, 1.165) is 18.1 Å². The van der Waals surface area contributed by atoms with Gasteiger partial charge in [-0.05, 0) is 32.9 Å². The molecule has 1 aromatic heterocycles. The Morgan fingerprint density at radius 1 is 1.58 bits per heavy atom. The van der Waals surface area contributed by atoms with Crippen LogP contribution in [0.4, 0.5) is 5.82 Å². The van der Waals surface area contributed by atoms with Crippen molar-refractivity contribution in [3.8, 4) is 5.75 Å². The SMILES string of the molecule is CC(C)Oc1cccnc1N1CC(CN)OCC1C. The number of nitrogens with two attached hydrogens (primary N) is 1. The number of hydrogen-bond donors (Lipinski definition) is 1. The van der Waals surface area contributed by atoms with Crippen LogP contribution in [0.2, 0.25) is 0 Å². The Bertz CT molecular complexity index is 411. The number of pyridine rings is 1. The Hall–Kier alpha value is -1.33. The summed E-state index contributed by atoms with van der Waals surface area (Å²) >= 11 is 0. The van der Waals surface area contributed by atoms with Crippen molar-refractivity contribution in [1.82, 2.24) is 4.98 Å². The van der Waals surface area contributed by atoms with Crippen LogP contribution in [0.15, 0.2) is 18.3 Å². The minimum atomic E-state index is 0.0603. The fraction of sp³-hybridized carbons (Fsp3) is 0.643. The van der Waals surface area contributed by atoms with Crippen molar-refractivity contribution in [1.29, 1.82) is 0 Å². The average Bonchev–Trinajstić information content (AvgIpc) is 2.40. The molecule has 2 unspecified atom stereocenters. The van der Waals surface area contributed by atoms with Gasteiger partial charge in [0.25, 0.3) is 0 Å². The molecule has 5 nitrogen and oxygen atoms in total. The van der Waals surface area contributed by atoms with E-state index < -0.39 is 0 Å². The van der Waals surface area contributed by atoms with Crippen LogP contribution in [0.3, 0.4) is 0 Å². The molecule has 2 atom stereocenters. The lowest BCUT2D eigenvalue weighted by atomic mass is 10.2. The lowest BCUT2D eigenvalue weighted by molar-refractivity contribution is 0.0277. The fourth-order valence-electron chi connectivity index (χ4n) is 2.20. The topological polar surface area (TPSA) is 60.6 Å². The first-order chi connectivity index (χ1) is 9.11. The molecule has 1 aliphatic heterocycles. The molecule has 0 saturated carbocycles. The monoisotopic (exact) mass is 265 g/mol. The van der Waals surface area contributed by atoms with E-state index in [1.54, 1.807) is 6.20 Å². The summed E-state index contributed by atoms with van der Waals surface area (Å²) in [5.74, 6) is 1.70. The maximum absolute atomic E-state index is 5.84. The quantitative estimate of drug-likeness (QED) is 0.892. The van der Waals surface area contributed by atoms with Gasteiger partial charge in [-0.1, -0.05) is 0 Å². The number of ether oxygens (including phenoxy) is 2. The van der Waals surface area contributed by atoms with Crippen molar-refractivity contribution in [2.24, 2.45) is 5.73 Å². The Kier molecular flexibility index (Phi) is 4.61. The van der Waals surface area contributed by atoms with E-state index in [-0.39, 0.29) is 18.2 Å². The van der Waals surface area contributed by atoms with E-state index >= 15 is 0 Å². The molecule has 1 saturated heterocycles. The molecule has 1 aliphatic rings. The van der Waals surface area contributed by atoms with Gasteiger partial charge in [-0.25, -0.2) is 4.98 Å². The van der Waals surface area contributed by atoms with Gasteiger partial charge in [-0.2, -0.15) is 0 Å². The second-order valence-electron chi connectivity index (χ2n) is 5.18. The third-order valence-electron chi connectivity index (χ3n) is 3.15. The summed E-state index contributed by atoms with van der Waals surface area (Å²) in [6, 6.07) is 4.13. The van der Waals surface area contributed by atoms with Gasteiger partial charge in [0.1, 0.15) is 0 Å². The first-order valence-electron chi connectivity index (χ1n) is 6.81.